The largest absolute Gasteiger partial charge is 0.213 e. The standard InChI is InChI=1S/C16H13N3.2C2H6/c1-12-17-15(13-8-4-2-5-9-13)19-16(18-12)14-10-6-3-7-11-14;2*1-2/h2-11H,1H3;2*1-2H3. The van der Waals surface area contributed by atoms with Crippen molar-refractivity contribution in [2.24, 2.45) is 0 Å². The molecule has 0 bridgehead atoms. The Kier molecular flexibility index (Phi) is 8.22. The molecule has 2 aromatic carbocycles. The Morgan fingerprint density at radius 2 is 0.870 bits per heavy atom. The van der Waals surface area contributed by atoms with Crippen molar-refractivity contribution < 1.29 is 0 Å². The normalized spacial score (nSPS) is 9.09. The fraction of sp³-hybridized carbons (Fsp3) is 0.250. The number of benzene rings is 2. The maximum absolute atomic E-state index is 4.55. The van der Waals surface area contributed by atoms with E-state index in [9.17, 15) is 0 Å². The molecule has 1 heterocycles. The number of aromatic nitrogens is 3. The predicted octanol–water partition coefficient (Wildman–Crippen LogP) is 5.57. The van der Waals surface area contributed by atoms with Gasteiger partial charge in [0.2, 0.25) is 0 Å². The van der Waals surface area contributed by atoms with Gasteiger partial charge in [0.05, 0.1) is 0 Å². The van der Waals surface area contributed by atoms with Crippen LogP contribution in [0.3, 0.4) is 0 Å². The van der Waals surface area contributed by atoms with E-state index in [1.165, 1.54) is 0 Å². The van der Waals surface area contributed by atoms with Crippen LogP contribution >= 0.6 is 0 Å². The molecule has 0 saturated carbocycles. The van der Waals surface area contributed by atoms with Crippen LogP contribution in [0, 0.1) is 6.92 Å². The van der Waals surface area contributed by atoms with E-state index in [0.717, 1.165) is 17.0 Å². The molecule has 23 heavy (non-hydrogen) atoms. The maximum Gasteiger partial charge on any atom is 0.163 e. The zero-order chi connectivity index (χ0) is 17.1. The van der Waals surface area contributed by atoms with Gasteiger partial charge >= 0.3 is 0 Å². The lowest BCUT2D eigenvalue weighted by Crippen LogP contribution is -1.99. The van der Waals surface area contributed by atoms with Crippen LogP contribution in [-0.4, -0.2) is 15.0 Å². The Bertz CT molecular complexity index is 622. The van der Waals surface area contributed by atoms with Gasteiger partial charge in [-0.15, -0.1) is 0 Å². The summed E-state index contributed by atoms with van der Waals surface area (Å²) in [5.41, 5.74) is 2.01. The first-order chi connectivity index (χ1) is 11.3. The Balaban J connectivity index is 0.000000615. The van der Waals surface area contributed by atoms with Gasteiger partial charge in [0.25, 0.3) is 0 Å². The molecule has 0 atom stereocenters. The van der Waals surface area contributed by atoms with E-state index in [1.54, 1.807) is 0 Å². The van der Waals surface area contributed by atoms with Crippen LogP contribution in [0.1, 0.15) is 33.5 Å². The summed E-state index contributed by atoms with van der Waals surface area (Å²) in [5.74, 6) is 2.16. The van der Waals surface area contributed by atoms with E-state index in [1.807, 2.05) is 95.3 Å². The molecule has 0 amide bonds. The lowest BCUT2D eigenvalue weighted by Gasteiger charge is -2.05. The van der Waals surface area contributed by atoms with Gasteiger partial charge in [0.15, 0.2) is 11.6 Å². The van der Waals surface area contributed by atoms with E-state index in [2.05, 4.69) is 15.0 Å². The first-order valence-corrected chi connectivity index (χ1v) is 8.16. The number of rotatable bonds is 2. The maximum atomic E-state index is 4.55. The van der Waals surface area contributed by atoms with Crippen LogP contribution in [-0.2, 0) is 0 Å². The smallest absolute Gasteiger partial charge is 0.163 e. The second kappa shape index (κ2) is 10.2. The topological polar surface area (TPSA) is 38.7 Å². The van der Waals surface area contributed by atoms with Crippen molar-refractivity contribution in [3.05, 3.63) is 66.5 Å². The fourth-order valence-electron chi connectivity index (χ4n) is 1.91. The minimum Gasteiger partial charge on any atom is -0.213 e. The second-order valence-corrected chi connectivity index (χ2v) is 4.26. The summed E-state index contributed by atoms with van der Waals surface area (Å²) in [5, 5.41) is 0. The third kappa shape index (κ3) is 5.29. The zero-order valence-corrected chi connectivity index (χ0v) is 14.6. The lowest BCUT2D eigenvalue weighted by atomic mass is 10.2. The highest BCUT2D eigenvalue weighted by atomic mass is 15.0. The van der Waals surface area contributed by atoms with Crippen LogP contribution < -0.4 is 0 Å². The quantitative estimate of drug-likeness (QED) is 0.621. The number of hydrogen-bond donors (Lipinski definition) is 0. The van der Waals surface area contributed by atoms with Crippen molar-refractivity contribution in [1.82, 2.24) is 15.0 Å². The van der Waals surface area contributed by atoms with Gasteiger partial charge in [-0.05, 0) is 6.92 Å². The van der Waals surface area contributed by atoms with Crippen molar-refractivity contribution in [2.75, 3.05) is 0 Å². The molecule has 3 aromatic rings. The Morgan fingerprint density at radius 3 is 1.22 bits per heavy atom. The van der Waals surface area contributed by atoms with E-state index in [-0.39, 0.29) is 0 Å². The van der Waals surface area contributed by atoms with E-state index in [0.29, 0.717) is 11.6 Å². The minimum atomic E-state index is 0.715. The highest BCUT2D eigenvalue weighted by Gasteiger charge is 2.07. The summed E-state index contributed by atoms with van der Waals surface area (Å²) in [6.07, 6.45) is 0. The zero-order valence-electron chi connectivity index (χ0n) is 14.6. The van der Waals surface area contributed by atoms with E-state index < -0.39 is 0 Å². The molecule has 0 aliphatic heterocycles. The van der Waals surface area contributed by atoms with Crippen molar-refractivity contribution in [2.45, 2.75) is 34.6 Å². The molecule has 3 rings (SSSR count). The second-order valence-electron chi connectivity index (χ2n) is 4.26. The monoisotopic (exact) mass is 307 g/mol. The van der Waals surface area contributed by atoms with Crippen molar-refractivity contribution in [3.8, 4) is 22.8 Å². The van der Waals surface area contributed by atoms with Crippen molar-refractivity contribution in [3.63, 3.8) is 0 Å². The molecule has 3 heteroatoms. The van der Waals surface area contributed by atoms with Gasteiger partial charge in [-0.2, -0.15) is 0 Å². The molecule has 0 saturated heterocycles. The first-order valence-electron chi connectivity index (χ1n) is 8.16. The van der Waals surface area contributed by atoms with Crippen LogP contribution in [0.2, 0.25) is 0 Å². The molecule has 120 valence electrons. The summed E-state index contributed by atoms with van der Waals surface area (Å²) in [6, 6.07) is 19.9. The lowest BCUT2D eigenvalue weighted by molar-refractivity contribution is 0.992. The van der Waals surface area contributed by atoms with Gasteiger partial charge < -0.3 is 0 Å². The summed E-state index contributed by atoms with van der Waals surface area (Å²) < 4.78 is 0. The van der Waals surface area contributed by atoms with Crippen molar-refractivity contribution in [1.29, 1.82) is 0 Å². The number of nitrogens with zero attached hydrogens (tertiary/aromatic N) is 3. The van der Waals surface area contributed by atoms with Gasteiger partial charge in [0, 0.05) is 11.1 Å². The van der Waals surface area contributed by atoms with Crippen LogP contribution in [0.25, 0.3) is 22.8 Å². The summed E-state index contributed by atoms with van der Waals surface area (Å²) in [6.45, 7) is 9.89. The average Bonchev–Trinajstić information content (AvgIpc) is 2.66. The Hall–Kier alpha value is -2.55. The predicted molar refractivity (Wildman–Crippen MR) is 98.1 cm³/mol. The summed E-state index contributed by atoms with van der Waals surface area (Å²) in [4.78, 5) is 13.4. The molecule has 0 fully saturated rings. The Morgan fingerprint density at radius 1 is 0.522 bits per heavy atom. The number of hydrogen-bond acceptors (Lipinski definition) is 3. The molecular formula is C20H25N3. The fourth-order valence-corrected chi connectivity index (χ4v) is 1.91. The molecule has 0 spiro atoms. The molecule has 0 unspecified atom stereocenters. The van der Waals surface area contributed by atoms with Gasteiger partial charge in [-0.3, -0.25) is 0 Å². The van der Waals surface area contributed by atoms with Gasteiger partial charge in [-0.1, -0.05) is 88.4 Å². The van der Waals surface area contributed by atoms with Gasteiger partial charge in [-0.25, -0.2) is 15.0 Å². The van der Waals surface area contributed by atoms with Crippen LogP contribution in [0.5, 0.6) is 0 Å². The van der Waals surface area contributed by atoms with Crippen LogP contribution in [0.15, 0.2) is 60.7 Å². The molecule has 0 radical (unpaired) electrons. The molecule has 3 nitrogen and oxygen atoms in total. The Labute approximate surface area is 139 Å². The highest BCUT2D eigenvalue weighted by Crippen LogP contribution is 2.19. The number of aryl methyl sites for hydroxylation is 1. The average molecular weight is 307 g/mol. The third-order valence-electron chi connectivity index (χ3n) is 2.81. The van der Waals surface area contributed by atoms with Crippen molar-refractivity contribution >= 4 is 0 Å². The van der Waals surface area contributed by atoms with E-state index >= 15 is 0 Å². The van der Waals surface area contributed by atoms with Gasteiger partial charge in [0.1, 0.15) is 5.82 Å². The molecule has 0 N–H and O–H groups in total. The first kappa shape index (κ1) is 18.5. The molecule has 0 aliphatic rings. The van der Waals surface area contributed by atoms with Crippen LogP contribution in [0.4, 0.5) is 0 Å². The third-order valence-corrected chi connectivity index (χ3v) is 2.81. The summed E-state index contributed by atoms with van der Waals surface area (Å²) >= 11 is 0. The minimum absolute atomic E-state index is 0.715. The highest BCUT2D eigenvalue weighted by molar-refractivity contribution is 5.60. The van der Waals surface area contributed by atoms with E-state index in [4.69, 9.17) is 0 Å². The molecule has 0 aliphatic carbocycles. The SMILES string of the molecule is CC.CC.Cc1nc(-c2ccccc2)nc(-c2ccccc2)n1. The summed E-state index contributed by atoms with van der Waals surface area (Å²) in [7, 11) is 0. The molecule has 1 aromatic heterocycles. The molecular weight excluding hydrogens is 282 g/mol.